The summed E-state index contributed by atoms with van der Waals surface area (Å²) in [5.41, 5.74) is 0.884. The normalized spacial score (nSPS) is 18.2. The highest BCUT2D eigenvalue weighted by atomic mass is 16.5. The zero-order valence-electron chi connectivity index (χ0n) is 15.2. The number of morpholine rings is 1. The van der Waals surface area contributed by atoms with Crippen LogP contribution in [0, 0.1) is 19.8 Å². The Balaban J connectivity index is 1.94. The minimum absolute atomic E-state index is 0.0218. The van der Waals surface area contributed by atoms with Gasteiger partial charge in [0, 0.05) is 24.3 Å². The van der Waals surface area contributed by atoms with E-state index in [4.69, 9.17) is 4.74 Å². The molecular formula is C18H29N3O3. The van der Waals surface area contributed by atoms with Gasteiger partial charge in [-0.25, -0.2) is 4.98 Å². The highest BCUT2D eigenvalue weighted by molar-refractivity contribution is 5.79. The van der Waals surface area contributed by atoms with E-state index in [0.717, 1.165) is 12.8 Å². The lowest BCUT2D eigenvalue weighted by Gasteiger charge is -2.33. The van der Waals surface area contributed by atoms with E-state index in [2.05, 4.69) is 23.8 Å². The van der Waals surface area contributed by atoms with Crippen LogP contribution in [0.15, 0.2) is 4.79 Å². The van der Waals surface area contributed by atoms with Crippen LogP contribution in [0.25, 0.3) is 0 Å². The van der Waals surface area contributed by atoms with E-state index in [-0.39, 0.29) is 24.0 Å². The number of aryl methyl sites for hydroxylation is 2. The SMILES string of the molecule is Cc1nc(C)c(CC(=O)N2CCOC(CCCC(C)C)C2)c(=O)[nH]1. The first-order valence-electron chi connectivity index (χ1n) is 8.82. The zero-order valence-corrected chi connectivity index (χ0v) is 15.2. The van der Waals surface area contributed by atoms with Crippen LogP contribution in [-0.4, -0.2) is 46.6 Å². The second-order valence-corrected chi connectivity index (χ2v) is 7.05. The predicted octanol–water partition coefficient (Wildman–Crippen LogP) is 1.98. The van der Waals surface area contributed by atoms with E-state index in [1.165, 1.54) is 6.42 Å². The summed E-state index contributed by atoms with van der Waals surface area (Å²) in [6, 6.07) is 0. The van der Waals surface area contributed by atoms with Gasteiger partial charge >= 0.3 is 0 Å². The number of nitrogens with one attached hydrogen (secondary N) is 1. The van der Waals surface area contributed by atoms with Crippen LogP contribution < -0.4 is 5.56 Å². The van der Waals surface area contributed by atoms with Gasteiger partial charge < -0.3 is 14.6 Å². The molecule has 1 fully saturated rings. The van der Waals surface area contributed by atoms with Crippen LogP contribution in [0.2, 0.25) is 0 Å². The van der Waals surface area contributed by atoms with E-state index in [1.54, 1.807) is 13.8 Å². The maximum absolute atomic E-state index is 12.6. The third-order valence-corrected chi connectivity index (χ3v) is 4.47. The molecule has 0 spiro atoms. The summed E-state index contributed by atoms with van der Waals surface area (Å²) in [5.74, 6) is 1.24. The first-order chi connectivity index (χ1) is 11.4. The number of rotatable bonds is 6. The zero-order chi connectivity index (χ0) is 17.7. The Bertz CT molecular complexity index is 624. The van der Waals surface area contributed by atoms with E-state index in [9.17, 15) is 9.59 Å². The van der Waals surface area contributed by atoms with Crippen molar-refractivity contribution < 1.29 is 9.53 Å². The third kappa shape index (κ3) is 5.16. The van der Waals surface area contributed by atoms with Crippen LogP contribution >= 0.6 is 0 Å². The molecule has 1 unspecified atom stereocenters. The average Bonchev–Trinajstić information content (AvgIpc) is 2.50. The van der Waals surface area contributed by atoms with Crippen molar-refractivity contribution in [1.82, 2.24) is 14.9 Å². The second-order valence-electron chi connectivity index (χ2n) is 7.05. The molecule has 0 saturated carbocycles. The summed E-state index contributed by atoms with van der Waals surface area (Å²) in [7, 11) is 0. The lowest BCUT2D eigenvalue weighted by molar-refractivity contribution is -0.138. The molecular weight excluding hydrogens is 306 g/mol. The number of aromatic nitrogens is 2. The molecule has 1 N–H and O–H groups in total. The van der Waals surface area contributed by atoms with Gasteiger partial charge in [0.1, 0.15) is 5.82 Å². The summed E-state index contributed by atoms with van der Waals surface area (Å²) in [4.78, 5) is 33.4. The summed E-state index contributed by atoms with van der Waals surface area (Å²) >= 11 is 0. The molecule has 0 aromatic carbocycles. The van der Waals surface area contributed by atoms with E-state index < -0.39 is 0 Å². The highest BCUT2D eigenvalue weighted by Gasteiger charge is 2.25. The third-order valence-electron chi connectivity index (χ3n) is 4.47. The number of aromatic amines is 1. The Morgan fingerprint density at radius 3 is 2.83 bits per heavy atom. The van der Waals surface area contributed by atoms with Gasteiger partial charge in [-0.2, -0.15) is 0 Å². The van der Waals surface area contributed by atoms with Crippen molar-refractivity contribution in [2.75, 3.05) is 19.7 Å². The van der Waals surface area contributed by atoms with Gasteiger partial charge in [-0.3, -0.25) is 9.59 Å². The molecule has 0 radical (unpaired) electrons. The maximum Gasteiger partial charge on any atom is 0.254 e. The highest BCUT2D eigenvalue weighted by Crippen LogP contribution is 2.15. The number of carbonyl (C=O) groups is 1. The number of nitrogens with zero attached hydrogens (tertiary/aromatic N) is 2. The molecule has 1 aromatic rings. The average molecular weight is 335 g/mol. The molecule has 1 amide bonds. The molecule has 1 aromatic heterocycles. The Morgan fingerprint density at radius 2 is 2.17 bits per heavy atom. The molecule has 1 aliphatic heterocycles. The molecule has 1 saturated heterocycles. The van der Waals surface area contributed by atoms with Crippen molar-refractivity contribution in [3.8, 4) is 0 Å². The molecule has 134 valence electrons. The number of carbonyl (C=O) groups excluding carboxylic acids is 1. The predicted molar refractivity (Wildman–Crippen MR) is 93.0 cm³/mol. The van der Waals surface area contributed by atoms with E-state index in [1.807, 2.05) is 4.90 Å². The molecule has 0 aliphatic carbocycles. The number of H-pyrrole nitrogens is 1. The Hall–Kier alpha value is -1.69. The molecule has 1 atom stereocenters. The molecule has 1 aliphatic rings. The Kier molecular flexibility index (Phi) is 6.54. The summed E-state index contributed by atoms with van der Waals surface area (Å²) in [6.45, 7) is 9.73. The monoisotopic (exact) mass is 335 g/mol. The van der Waals surface area contributed by atoms with Gasteiger partial charge in [-0.05, 0) is 26.2 Å². The van der Waals surface area contributed by atoms with Crippen molar-refractivity contribution in [2.24, 2.45) is 5.92 Å². The fourth-order valence-electron chi connectivity index (χ4n) is 3.10. The minimum atomic E-state index is -0.213. The van der Waals surface area contributed by atoms with Gasteiger partial charge in [-0.15, -0.1) is 0 Å². The lowest BCUT2D eigenvalue weighted by Crippen LogP contribution is -2.46. The fourth-order valence-corrected chi connectivity index (χ4v) is 3.10. The number of ether oxygens (including phenoxy) is 1. The van der Waals surface area contributed by atoms with Crippen LogP contribution in [0.4, 0.5) is 0 Å². The van der Waals surface area contributed by atoms with Gasteiger partial charge in [0.25, 0.3) is 5.56 Å². The summed E-state index contributed by atoms with van der Waals surface area (Å²) in [6.07, 6.45) is 3.49. The summed E-state index contributed by atoms with van der Waals surface area (Å²) < 4.78 is 5.78. The smallest absolute Gasteiger partial charge is 0.254 e. The van der Waals surface area contributed by atoms with E-state index in [0.29, 0.717) is 42.7 Å². The van der Waals surface area contributed by atoms with E-state index >= 15 is 0 Å². The quantitative estimate of drug-likeness (QED) is 0.862. The van der Waals surface area contributed by atoms with Gasteiger partial charge in [0.15, 0.2) is 0 Å². The molecule has 6 nitrogen and oxygen atoms in total. The van der Waals surface area contributed by atoms with Crippen LogP contribution in [0.3, 0.4) is 0 Å². The van der Waals surface area contributed by atoms with Crippen molar-refractivity contribution in [2.45, 2.75) is 59.5 Å². The van der Waals surface area contributed by atoms with Crippen molar-refractivity contribution in [3.63, 3.8) is 0 Å². The number of hydrogen-bond acceptors (Lipinski definition) is 4. The molecule has 2 rings (SSSR count). The first kappa shape index (κ1) is 18.6. The topological polar surface area (TPSA) is 75.3 Å². The van der Waals surface area contributed by atoms with Crippen LogP contribution in [0.1, 0.15) is 50.2 Å². The number of amides is 1. The molecule has 6 heteroatoms. The van der Waals surface area contributed by atoms with Crippen molar-refractivity contribution in [3.05, 3.63) is 27.4 Å². The minimum Gasteiger partial charge on any atom is -0.375 e. The van der Waals surface area contributed by atoms with Gasteiger partial charge in [-0.1, -0.05) is 26.7 Å². The van der Waals surface area contributed by atoms with Gasteiger partial charge in [0.05, 0.1) is 19.1 Å². The number of hydrogen-bond donors (Lipinski definition) is 1. The summed E-state index contributed by atoms with van der Waals surface area (Å²) in [5, 5.41) is 0. The van der Waals surface area contributed by atoms with Crippen LogP contribution in [0.5, 0.6) is 0 Å². The standard InChI is InChI=1S/C18H29N3O3/c1-12(2)6-5-7-15-11-21(8-9-24-15)17(22)10-16-13(3)19-14(4)20-18(16)23/h12,15H,5-11H2,1-4H3,(H,19,20,23). The second kappa shape index (κ2) is 8.42. The first-order valence-corrected chi connectivity index (χ1v) is 8.82. The molecule has 0 bridgehead atoms. The molecule has 2 heterocycles. The Morgan fingerprint density at radius 1 is 1.42 bits per heavy atom. The van der Waals surface area contributed by atoms with Crippen molar-refractivity contribution >= 4 is 5.91 Å². The molecule has 24 heavy (non-hydrogen) atoms. The fraction of sp³-hybridized carbons (Fsp3) is 0.722. The van der Waals surface area contributed by atoms with Crippen molar-refractivity contribution in [1.29, 1.82) is 0 Å². The largest absolute Gasteiger partial charge is 0.375 e. The lowest BCUT2D eigenvalue weighted by atomic mass is 10.0. The van der Waals surface area contributed by atoms with Gasteiger partial charge in [0.2, 0.25) is 5.91 Å². The van der Waals surface area contributed by atoms with Crippen LogP contribution in [-0.2, 0) is 16.0 Å². The Labute approximate surface area is 143 Å². The maximum atomic E-state index is 12.6.